The van der Waals surface area contributed by atoms with Crippen LogP contribution in [0.25, 0.3) is 17.0 Å². The molecule has 0 amide bonds. The van der Waals surface area contributed by atoms with E-state index in [0.717, 1.165) is 0 Å². The molecule has 3 N–H and O–H groups in total. The fourth-order valence-corrected chi connectivity index (χ4v) is 2.28. The Hall–Kier alpha value is -2.31. The Kier molecular flexibility index (Phi) is 3.00. The van der Waals surface area contributed by atoms with Crippen molar-refractivity contribution in [2.45, 2.75) is 12.5 Å². The van der Waals surface area contributed by atoms with Gasteiger partial charge in [0.05, 0.1) is 12.2 Å². The van der Waals surface area contributed by atoms with Crippen LogP contribution in [0.5, 0.6) is 11.5 Å². The van der Waals surface area contributed by atoms with Crippen molar-refractivity contribution in [2.75, 3.05) is 13.2 Å². The first-order valence-electron chi connectivity index (χ1n) is 6.39. The van der Waals surface area contributed by atoms with Crippen molar-refractivity contribution in [3.8, 4) is 11.5 Å². The summed E-state index contributed by atoms with van der Waals surface area (Å²) >= 11 is 0. The van der Waals surface area contributed by atoms with Gasteiger partial charge in [-0.2, -0.15) is 0 Å². The molecule has 0 saturated carbocycles. The summed E-state index contributed by atoms with van der Waals surface area (Å²) in [4.78, 5) is 12.0. The highest BCUT2D eigenvalue weighted by atomic mass is 16.5. The molecule has 0 saturated heterocycles. The van der Waals surface area contributed by atoms with E-state index in [0.29, 0.717) is 5.76 Å². The number of hydrogen-bond acceptors (Lipinski definition) is 6. The van der Waals surface area contributed by atoms with Gasteiger partial charge in [0.2, 0.25) is 0 Å². The molecule has 6 nitrogen and oxygen atoms in total. The van der Waals surface area contributed by atoms with E-state index < -0.39 is 12.2 Å². The number of aliphatic hydroxyl groups is 2. The van der Waals surface area contributed by atoms with Gasteiger partial charge in [0, 0.05) is 12.1 Å². The molecule has 110 valence electrons. The number of benzene rings is 1. The van der Waals surface area contributed by atoms with Crippen molar-refractivity contribution in [1.82, 2.24) is 0 Å². The van der Waals surface area contributed by atoms with E-state index in [-0.39, 0.29) is 40.1 Å². The van der Waals surface area contributed by atoms with Crippen molar-refractivity contribution in [3.63, 3.8) is 0 Å². The Morgan fingerprint density at radius 3 is 2.86 bits per heavy atom. The lowest BCUT2D eigenvalue weighted by atomic mass is 10.0. The first-order chi connectivity index (χ1) is 9.93. The third-order valence-electron chi connectivity index (χ3n) is 3.43. The molecule has 1 aromatic carbocycles. The lowest BCUT2D eigenvalue weighted by Gasteiger charge is -2.20. The summed E-state index contributed by atoms with van der Waals surface area (Å²) in [6.07, 6.45) is 2.76. The Morgan fingerprint density at radius 1 is 1.38 bits per heavy atom. The normalized spacial score (nSPS) is 20.9. The van der Waals surface area contributed by atoms with Crippen LogP contribution in [0.2, 0.25) is 0 Å². The summed E-state index contributed by atoms with van der Waals surface area (Å²) < 4.78 is 10.9. The zero-order valence-electron chi connectivity index (χ0n) is 11.3. The lowest BCUT2D eigenvalue weighted by Crippen LogP contribution is -2.37. The zero-order chi connectivity index (χ0) is 15.2. The number of phenolic OH excluding ortho intramolecular Hbond substituents is 1. The highest BCUT2D eigenvalue weighted by Crippen LogP contribution is 2.38. The van der Waals surface area contributed by atoms with Crippen molar-refractivity contribution < 1.29 is 24.5 Å². The topological polar surface area (TPSA) is 100 Å². The molecular weight excluding hydrogens is 276 g/mol. The Labute approximate surface area is 119 Å². The van der Waals surface area contributed by atoms with E-state index in [1.807, 2.05) is 0 Å². The van der Waals surface area contributed by atoms with Gasteiger partial charge < -0.3 is 24.5 Å². The summed E-state index contributed by atoms with van der Waals surface area (Å²) in [5, 5.41) is 29.6. The molecule has 0 radical (unpaired) electrons. The van der Waals surface area contributed by atoms with Gasteiger partial charge >= 0.3 is 0 Å². The Bertz CT molecular complexity index is 804. The van der Waals surface area contributed by atoms with Gasteiger partial charge in [-0.05, 0) is 19.1 Å². The summed E-state index contributed by atoms with van der Waals surface area (Å²) in [6, 6.07) is 2.78. The number of hydrogen-bond donors (Lipinski definition) is 3. The van der Waals surface area contributed by atoms with E-state index in [1.54, 1.807) is 6.92 Å². The maximum absolute atomic E-state index is 12.0. The number of aliphatic hydroxyl groups excluding tert-OH is 1. The largest absolute Gasteiger partial charge is 0.506 e. The number of aromatic hydroxyl groups is 1. The van der Waals surface area contributed by atoms with Crippen LogP contribution in [-0.2, 0) is 0 Å². The predicted molar refractivity (Wildman–Crippen MR) is 75.5 cm³/mol. The number of ether oxygens (including phenoxy) is 1. The van der Waals surface area contributed by atoms with Crippen LogP contribution < -0.4 is 10.2 Å². The van der Waals surface area contributed by atoms with E-state index in [2.05, 4.69) is 0 Å². The second-order valence-electron chi connectivity index (χ2n) is 5.12. The zero-order valence-corrected chi connectivity index (χ0v) is 11.3. The van der Waals surface area contributed by atoms with Crippen LogP contribution in [0.15, 0.2) is 27.4 Å². The summed E-state index contributed by atoms with van der Waals surface area (Å²) in [7, 11) is 0. The van der Waals surface area contributed by atoms with Crippen LogP contribution in [0, 0.1) is 6.92 Å². The molecule has 2 aromatic rings. The van der Waals surface area contributed by atoms with Crippen molar-refractivity contribution in [2.24, 2.45) is 0 Å². The molecule has 1 aliphatic heterocycles. The van der Waals surface area contributed by atoms with Gasteiger partial charge in [0.25, 0.3) is 0 Å². The van der Waals surface area contributed by atoms with E-state index in [1.165, 1.54) is 24.3 Å². The third-order valence-corrected chi connectivity index (χ3v) is 3.43. The second-order valence-corrected chi connectivity index (χ2v) is 5.12. The highest BCUT2D eigenvalue weighted by Gasteiger charge is 2.28. The smallest absolute Gasteiger partial charge is 0.196 e. The van der Waals surface area contributed by atoms with Crippen LogP contribution in [0.4, 0.5) is 0 Å². The molecule has 2 heterocycles. The van der Waals surface area contributed by atoms with Crippen LogP contribution in [0.3, 0.4) is 0 Å². The van der Waals surface area contributed by atoms with Crippen molar-refractivity contribution >= 4 is 17.0 Å². The first-order valence-corrected chi connectivity index (χ1v) is 6.39. The Morgan fingerprint density at radius 2 is 2.14 bits per heavy atom. The Balaban J connectivity index is 2.29. The van der Waals surface area contributed by atoms with Gasteiger partial charge in [0.1, 0.15) is 40.4 Å². The molecule has 6 heteroatoms. The maximum Gasteiger partial charge on any atom is 0.196 e. The molecule has 1 atom stereocenters. The molecule has 3 rings (SSSR count). The SMILES string of the molecule is Cc1cc(=O)c2c(O)c3c(cc2o1)OC[C@@](O)(CO)C=C3. The predicted octanol–water partition coefficient (Wildman–Crippen LogP) is 0.936. The number of aryl methyl sites for hydroxylation is 1. The molecule has 0 bridgehead atoms. The first kappa shape index (κ1) is 13.7. The standard InChI is InChI=1S/C15H14O6/c1-8-4-10(17)13-12(21-8)5-11-9(14(13)18)2-3-15(19,6-16)7-20-11/h2-5,16,18-19H,6-7H2,1H3/t15-/m0/s1. The van der Waals surface area contributed by atoms with E-state index >= 15 is 0 Å². The third kappa shape index (κ3) is 2.18. The number of rotatable bonds is 1. The molecule has 0 fully saturated rings. The number of fused-ring (bicyclic) bond motifs is 2. The minimum Gasteiger partial charge on any atom is -0.506 e. The summed E-state index contributed by atoms with van der Waals surface area (Å²) in [5.74, 6) is 0.423. The maximum atomic E-state index is 12.0. The minimum atomic E-state index is -1.54. The summed E-state index contributed by atoms with van der Waals surface area (Å²) in [6.45, 7) is 0.941. The molecule has 0 aliphatic carbocycles. The molecule has 1 aromatic heterocycles. The molecular formula is C15H14O6. The molecule has 0 spiro atoms. The monoisotopic (exact) mass is 290 g/mol. The van der Waals surface area contributed by atoms with Gasteiger partial charge in [-0.15, -0.1) is 0 Å². The van der Waals surface area contributed by atoms with Crippen LogP contribution in [-0.4, -0.2) is 34.1 Å². The van der Waals surface area contributed by atoms with Gasteiger partial charge in [-0.25, -0.2) is 0 Å². The van der Waals surface area contributed by atoms with Gasteiger partial charge in [-0.3, -0.25) is 4.79 Å². The second kappa shape index (κ2) is 4.61. The number of phenols is 1. The highest BCUT2D eigenvalue weighted by molar-refractivity contribution is 5.90. The average molecular weight is 290 g/mol. The molecule has 21 heavy (non-hydrogen) atoms. The quantitative estimate of drug-likeness (QED) is 0.722. The van der Waals surface area contributed by atoms with Crippen LogP contribution in [0.1, 0.15) is 11.3 Å². The lowest BCUT2D eigenvalue weighted by molar-refractivity contribution is -0.00747. The van der Waals surface area contributed by atoms with Crippen molar-refractivity contribution in [3.05, 3.63) is 39.8 Å². The fourth-order valence-electron chi connectivity index (χ4n) is 2.28. The average Bonchev–Trinajstić information content (AvgIpc) is 2.59. The van der Waals surface area contributed by atoms with Crippen LogP contribution >= 0.6 is 0 Å². The minimum absolute atomic E-state index is 0.0574. The van der Waals surface area contributed by atoms with Crippen molar-refractivity contribution in [1.29, 1.82) is 0 Å². The summed E-state index contributed by atoms with van der Waals surface area (Å²) in [5.41, 5.74) is -1.42. The van der Waals surface area contributed by atoms with E-state index in [4.69, 9.17) is 9.15 Å². The van der Waals surface area contributed by atoms with E-state index in [9.17, 15) is 20.1 Å². The van der Waals surface area contributed by atoms with Gasteiger partial charge in [0.15, 0.2) is 5.43 Å². The van der Waals surface area contributed by atoms with Gasteiger partial charge in [-0.1, -0.05) is 0 Å². The molecule has 1 aliphatic rings. The fraction of sp³-hybridized carbons (Fsp3) is 0.267. The molecule has 0 unspecified atom stereocenters.